The molecule has 124 valence electrons. The number of non-ortho nitro benzene ring substituents is 1. The molecule has 1 aliphatic rings. The standard InChI is InChI=1S/C16H15N3O4S/c20-15(12-3-1-4-13(11-12)19(22)23)17-6-8-18(9-7-17)16(21)14-5-2-10-24-14/h1-5,10-11H,6-9H2. The van der Waals surface area contributed by atoms with Crippen LogP contribution in [0, 0.1) is 10.1 Å². The van der Waals surface area contributed by atoms with Crippen molar-refractivity contribution < 1.29 is 14.5 Å². The van der Waals surface area contributed by atoms with Crippen molar-refractivity contribution in [3.63, 3.8) is 0 Å². The Balaban J connectivity index is 1.64. The highest BCUT2D eigenvalue weighted by Gasteiger charge is 2.26. The molecule has 0 radical (unpaired) electrons. The number of carbonyl (C=O) groups excluding carboxylic acids is 2. The Morgan fingerprint density at radius 3 is 2.25 bits per heavy atom. The van der Waals surface area contributed by atoms with Crippen LogP contribution in [0.25, 0.3) is 0 Å². The summed E-state index contributed by atoms with van der Waals surface area (Å²) in [5.74, 6) is -0.269. The molecule has 7 nitrogen and oxygen atoms in total. The number of piperazine rings is 1. The molecule has 24 heavy (non-hydrogen) atoms. The Kier molecular flexibility index (Phi) is 4.57. The fraction of sp³-hybridized carbons (Fsp3) is 0.250. The minimum Gasteiger partial charge on any atom is -0.335 e. The number of amides is 2. The van der Waals surface area contributed by atoms with Crippen LogP contribution < -0.4 is 0 Å². The highest BCUT2D eigenvalue weighted by Crippen LogP contribution is 2.17. The Labute approximate surface area is 142 Å². The first-order valence-corrected chi connectivity index (χ1v) is 8.31. The van der Waals surface area contributed by atoms with E-state index in [2.05, 4.69) is 0 Å². The summed E-state index contributed by atoms with van der Waals surface area (Å²) in [6.07, 6.45) is 0. The molecule has 0 bridgehead atoms. The molecular formula is C16H15N3O4S. The maximum atomic E-state index is 12.5. The van der Waals surface area contributed by atoms with E-state index < -0.39 is 4.92 Å². The monoisotopic (exact) mass is 345 g/mol. The third-order valence-electron chi connectivity index (χ3n) is 3.89. The second kappa shape index (κ2) is 6.79. The zero-order chi connectivity index (χ0) is 17.1. The molecule has 1 aromatic heterocycles. The van der Waals surface area contributed by atoms with Gasteiger partial charge in [-0.15, -0.1) is 11.3 Å². The maximum Gasteiger partial charge on any atom is 0.270 e. The van der Waals surface area contributed by atoms with Gasteiger partial charge >= 0.3 is 0 Å². The largest absolute Gasteiger partial charge is 0.335 e. The van der Waals surface area contributed by atoms with Crippen molar-refractivity contribution in [2.24, 2.45) is 0 Å². The van der Waals surface area contributed by atoms with Gasteiger partial charge in [0.25, 0.3) is 17.5 Å². The Morgan fingerprint density at radius 2 is 1.67 bits per heavy atom. The molecule has 8 heteroatoms. The predicted octanol–water partition coefficient (Wildman–Crippen LogP) is 2.25. The molecule has 0 N–H and O–H groups in total. The van der Waals surface area contributed by atoms with Crippen molar-refractivity contribution in [1.29, 1.82) is 0 Å². The van der Waals surface area contributed by atoms with Crippen LogP contribution in [0.4, 0.5) is 5.69 Å². The summed E-state index contributed by atoms with van der Waals surface area (Å²) in [5, 5.41) is 12.7. The van der Waals surface area contributed by atoms with E-state index in [1.165, 1.54) is 29.5 Å². The molecule has 0 unspecified atom stereocenters. The fourth-order valence-corrected chi connectivity index (χ4v) is 3.29. The first-order valence-electron chi connectivity index (χ1n) is 7.43. The summed E-state index contributed by atoms with van der Waals surface area (Å²) in [5.41, 5.74) is 0.189. The van der Waals surface area contributed by atoms with Crippen molar-refractivity contribution in [3.05, 3.63) is 62.3 Å². The van der Waals surface area contributed by atoms with Gasteiger partial charge in [-0.1, -0.05) is 12.1 Å². The second-order valence-corrected chi connectivity index (χ2v) is 6.32. The van der Waals surface area contributed by atoms with Crippen molar-refractivity contribution in [2.45, 2.75) is 0 Å². The smallest absolute Gasteiger partial charge is 0.270 e. The maximum absolute atomic E-state index is 12.5. The van der Waals surface area contributed by atoms with Gasteiger partial charge < -0.3 is 9.80 Å². The average molecular weight is 345 g/mol. The van der Waals surface area contributed by atoms with E-state index in [-0.39, 0.29) is 17.5 Å². The van der Waals surface area contributed by atoms with Gasteiger partial charge in [0.2, 0.25) is 0 Å². The minimum atomic E-state index is -0.519. The molecule has 1 aromatic carbocycles. The van der Waals surface area contributed by atoms with Crippen molar-refractivity contribution in [3.8, 4) is 0 Å². The lowest BCUT2D eigenvalue weighted by molar-refractivity contribution is -0.384. The SMILES string of the molecule is O=C(c1cccc([N+](=O)[O-])c1)N1CCN(C(=O)c2cccs2)CC1. The van der Waals surface area contributed by atoms with Gasteiger partial charge in [0.05, 0.1) is 9.80 Å². The summed E-state index contributed by atoms with van der Waals surface area (Å²) in [7, 11) is 0. The third-order valence-corrected chi connectivity index (χ3v) is 4.75. The number of nitrogens with zero attached hydrogens (tertiary/aromatic N) is 3. The number of hydrogen-bond acceptors (Lipinski definition) is 5. The van der Waals surface area contributed by atoms with Gasteiger partial charge in [0.1, 0.15) is 0 Å². The van der Waals surface area contributed by atoms with E-state index in [9.17, 15) is 19.7 Å². The third kappa shape index (κ3) is 3.28. The van der Waals surface area contributed by atoms with Crippen LogP contribution in [-0.2, 0) is 0 Å². The van der Waals surface area contributed by atoms with E-state index in [1.807, 2.05) is 11.4 Å². The van der Waals surface area contributed by atoms with Gasteiger partial charge in [0.15, 0.2) is 0 Å². The van der Waals surface area contributed by atoms with E-state index in [1.54, 1.807) is 21.9 Å². The predicted molar refractivity (Wildman–Crippen MR) is 89.2 cm³/mol. The number of thiophene rings is 1. The van der Waals surface area contributed by atoms with Gasteiger partial charge in [-0.25, -0.2) is 0 Å². The van der Waals surface area contributed by atoms with Crippen LogP contribution in [0.1, 0.15) is 20.0 Å². The molecule has 0 aliphatic carbocycles. The summed E-state index contributed by atoms with van der Waals surface area (Å²) in [4.78, 5) is 39.1. The van der Waals surface area contributed by atoms with E-state index in [4.69, 9.17) is 0 Å². The Hall–Kier alpha value is -2.74. The van der Waals surface area contributed by atoms with E-state index >= 15 is 0 Å². The Bertz CT molecular complexity index is 767. The lowest BCUT2D eigenvalue weighted by Gasteiger charge is -2.34. The Morgan fingerprint density at radius 1 is 1.00 bits per heavy atom. The topological polar surface area (TPSA) is 83.8 Å². The molecule has 1 fully saturated rings. The molecule has 2 amide bonds. The molecule has 0 atom stereocenters. The van der Waals surface area contributed by atoms with E-state index in [0.29, 0.717) is 36.6 Å². The normalized spacial score (nSPS) is 14.5. The van der Waals surface area contributed by atoms with Crippen LogP contribution >= 0.6 is 11.3 Å². The summed E-state index contributed by atoms with van der Waals surface area (Å²) >= 11 is 1.40. The summed E-state index contributed by atoms with van der Waals surface area (Å²) in [6.45, 7) is 1.74. The molecule has 1 saturated heterocycles. The van der Waals surface area contributed by atoms with Crippen molar-refractivity contribution in [2.75, 3.05) is 26.2 Å². The van der Waals surface area contributed by atoms with Crippen LogP contribution in [0.3, 0.4) is 0 Å². The molecular weight excluding hydrogens is 330 g/mol. The highest BCUT2D eigenvalue weighted by molar-refractivity contribution is 7.12. The molecule has 1 aliphatic heterocycles. The van der Waals surface area contributed by atoms with Crippen LogP contribution in [0.2, 0.25) is 0 Å². The van der Waals surface area contributed by atoms with Crippen molar-refractivity contribution >= 4 is 28.8 Å². The minimum absolute atomic E-state index is 0.0209. The number of carbonyl (C=O) groups is 2. The molecule has 3 rings (SSSR count). The number of rotatable bonds is 3. The highest BCUT2D eigenvalue weighted by atomic mass is 32.1. The first-order chi connectivity index (χ1) is 11.6. The molecule has 0 saturated carbocycles. The van der Waals surface area contributed by atoms with Gasteiger partial charge in [-0.3, -0.25) is 19.7 Å². The number of hydrogen-bond donors (Lipinski definition) is 0. The van der Waals surface area contributed by atoms with Crippen LogP contribution in [0.5, 0.6) is 0 Å². The fourth-order valence-electron chi connectivity index (χ4n) is 2.60. The van der Waals surface area contributed by atoms with E-state index in [0.717, 1.165) is 0 Å². The number of benzene rings is 1. The molecule has 0 spiro atoms. The number of nitro groups is 1. The van der Waals surface area contributed by atoms with Gasteiger partial charge in [0, 0.05) is 43.9 Å². The molecule has 2 heterocycles. The zero-order valence-corrected chi connectivity index (χ0v) is 13.6. The summed E-state index contributed by atoms with van der Waals surface area (Å²) in [6, 6.07) is 9.33. The average Bonchev–Trinajstić information content (AvgIpc) is 3.15. The number of nitro benzene ring substituents is 1. The van der Waals surface area contributed by atoms with Crippen LogP contribution in [-0.4, -0.2) is 52.7 Å². The van der Waals surface area contributed by atoms with Gasteiger partial charge in [-0.2, -0.15) is 0 Å². The second-order valence-electron chi connectivity index (χ2n) is 5.37. The quantitative estimate of drug-likeness (QED) is 0.631. The van der Waals surface area contributed by atoms with Crippen molar-refractivity contribution in [1.82, 2.24) is 9.80 Å². The lowest BCUT2D eigenvalue weighted by atomic mass is 10.1. The zero-order valence-electron chi connectivity index (χ0n) is 12.8. The first kappa shape index (κ1) is 16.1. The molecule has 2 aromatic rings. The lowest BCUT2D eigenvalue weighted by Crippen LogP contribution is -2.50. The summed E-state index contributed by atoms with van der Waals surface area (Å²) < 4.78 is 0. The van der Waals surface area contributed by atoms with Gasteiger partial charge in [-0.05, 0) is 17.5 Å². The van der Waals surface area contributed by atoms with Crippen LogP contribution in [0.15, 0.2) is 41.8 Å².